The first kappa shape index (κ1) is 24.8. The van der Waals surface area contributed by atoms with E-state index < -0.39 is 80.5 Å². The van der Waals surface area contributed by atoms with Crippen LogP contribution in [0.5, 0.6) is 0 Å². The molecule has 2 aliphatic rings. The first-order valence-corrected chi connectivity index (χ1v) is 9.03. The quantitative estimate of drug-likeness (QED) is 0.108. The first-order valence-electron chi connectivity index (χ1n) is 9.03. The van der Waals surface area contributed by atoms with Crippen LogP contribution in [-0.4, -0.2) is 123 Å². The second kappa shape index (κ2) is 11.2. The minimum Gasteiger partial charge on any atom is -0.394 e. The number of amides is 1. The molecule has 0 aromatic rings. The van der Waals surface area contributed by atoms with E-state index in [0.29, 0.717) is 0 Å². The van der Waals surface area contributed by atoms with Crippen LogP contribution >= 0.6 is 0 Å². The summed E-state index contributed by atoms with van der Waals surface area (Å²) in [6.45, 7) is -1.76. The fourth-order valence-corrected chi connectivity index (χ4v) is 3.03. The van der Waals surface area contributed by atoms with Crippen LogP contribution in [0, 0.1) is 0 Å². The van der Waals surface area contributed by atoms with Crippen LogP contribution in [0.4, 0.5) is 0 Å². The van der Waals surface area contributed by atoms with Crippen LogP contribution in [0.2, 0.25) is 0 Å². The highest BCUT2D eigenvalue weighted by Crippen LogP contribution is 2.29. The molecule has 0 bridgehead atoms. The van der Waals surface area contributed by atoms with Crippen LogP contribution in [0.25, 0.3) is 10.4 Å². The molecule has 0 saturated carbocycles. The zero-order valence-electron chi connectivity index (χ0n) is 15.6. The van der Waals surface area contributed by atoms with Gasteiger partial charge in [-0.2, -0.15) is 0 Å². The molecule has 15 heteroatoms. The van der Waals surface area contributed by atoms with E-state index in [1.54, 1.807) is 0 Å². The third-order valence-corrected chi connectivity index (χ3v) is 4.72. The van der Waals surface area contributed by atoms with Crippen molar-refractivity contribution in [1.82, 2.24) is 0 Å². The number of carbonyl (C=O) groups is 1. The second-order valence-electron chi connectivity index (χ2n) is 6.71. The lowest BCUT2D eigenvalue weighted by atomic mass is 9.97. The normalized spacial score (nSPS) is 41.8. The minimum absolute atomic E-state index is 0.348. The summed E-state index contributed by atoms with van der Waals surface area (Å²) in [4.78, 5) is 13.6. The molecule has 0 spiro atoms. The molecule has 2 aliphatic heterocycles. The maximum Gasteiger partial charge on any atom is 0.221 e. The van der Waals surface area contributed by atoms with Gasteiger partial charge in [0.2, 0.25) is 5.91 Å². The second-order valence-corrected chi connectivity index (χ2v) is 6.71. The van der Waals surface area contributed by atoms with Crippen LogP contribution in [0.15, 0.2) is 5.11 Å². The van der Waals surface area contributed by atoms with Crippen molar-refractivity contribution in [3.8, 4) is 0 Å². The molecule has 7 N–H and O–H groups in total. The highest BCUT2D eigenvalue weighted by Gasteiger charge is 2.50. The fraction of sp³-hybridized carbons (Fsp3) is 0.933. The zero-order chi connectivity index (χ0) is 22.4. The van der Waals surface area contributed by atoms with Crippen LogP contribution in [0.1, 0.15) is 6.42 Å². The molecular weight excluding hydrogens is 414 g/mol. The van der Waals surface area contributed by atoms with Gasteiger partial charge in [0, 0.05) is 11.3 Å². The van der Waals surface area contributed by atoms with E-state index in [1.807, 2.05) is 0 Å². The minimum atomic E-state index is -1.80. The van der Waals surface area contributed by atoms with Gasteiger partial charge in [-0.25, -0.2) is 0 Å². The summed E-state index contributed by atoms with van der Waals surface area (Å²) >= 11 is 0. The molecule has 2 fully saturated rings. The average molecular weight is 439 g/mol. The number of hydrogen-bond acceptors (Lipinski definition) is 12. The molecule has 0 aromatic heterocycles. The Balaban J connectivity index is 2.13. The maximum atomic E-state index is 11.3. The summed E-state index contributed by atoms with van der Waals surface area (Å²) in [5, 5.41) is 71.7. The predicted molar refractivity (Wildman–Crippen MR) is 91.1 cm³/mol. The van der Waals surface area contributed by atoms with Gasteiger partial charge in [0.15, 0.2) is 12.6 Å². The first-order chi connectivity index (χ1) is 14.2. The third-order valence-electron chi connectivity index (χ3n) is 4.72. The summed E-state index contributed by atoms with van der Waals surface area (Å²) in [5.74, 6) is -0.834. The van der Waals surface area contributed by atoms with E-state index in [-0.39, 0.29) is 13.0 Å². The van der Waals surface area contributed by atoms with Crippen molar-refractivity contribution >= 4 is 5.91 Å². The monoisotopic (exact) mass is 439 g/mol. The number of ether oxygens (including phenoxy) is 4. The Morgan fingerprint density at radius 2 is 1.47 bits per heavy atom. The highest BCUT2D eigenvalue weighted by atomic mass is 16.8. The lowest BCUT2D eigenvalue weighted by Crippen LogP contribution is -2.64. The number of hydrogen-bond donors (Lipinski definition) is 7. The number of carbonyl (C=O) groups excluding carboxylic acids is 1. The highest BCUT2D eigenvalue weighted by molar-refractivity contribution is 5.76. The molecule has 15 nitrogen and oxygen atoms in total. The van der Waals surface area contributed by atoms with Crippen molar-refractivity contribution in [2.45, 2.75) is 67.8 Å². The average Bonchev–Trinajstić information content (AvgIpc) is 2.73. The summed E-state index contributed by atoms with van der Waals surface area (Å²) in [7, 11) is 0. The molecule has 2 saturated heterocycles. The zero-order valence-corrected chi connectivity index (χ0v) is 15.6. The molecule has 2 heterocycles. The third kappa shape index (κ3) is 5.61. The van der Waals surface area contributed by atoms with Crippen LogP contribution in [-0.2, 0) is 23.7 Å². The summed E-state index contributed by atoms with van der Waals surface area (Å²) in [5.41, 5.74) is 8.22. The Hall–Kier alpha value is -1.46. The van der Waals surface area contributed by atoms with E-state index in [2.05, 4.69) is 10.0 Å². The van der Waals surface area contributed by atoms with Crippen molar-refractivity contribution in [2.24, 2.45) is 5.11 Å². The SMILES string of the molecule is [N-]=[N+]=NC(=O)CCOC1OC(CO)C(O)C(O)C1OC1OC(CO)C(O)C(O)C1O. The molecule has 2 rings (SSSR count). The molecule has 172 valence electrons. The molecule has 10 unspecified atom stereocenters. The molecule has 30 heavy (non-hydrogen) atoms. The van der Waals surface area contributed by atoms with Gasteiger partial charge < -0.3 is 54.7 Å². The van der Waals surface area contributed by atoms with Crippen LogP contribution < -0.4 is 0 Å². The van der Waals surface area contributed by atoms with Gasteiger partial charge in [-0.05, 0) is 10.6 Å². The van der Waals surface area contributed by atoms with E-state index in [0.717, 1.165) is 0 Å². The molecule has 0 aliphatic carbocycles. The van der Waals surface area contributed by atoms with Gasteiger partial charge >= 0.3 is 0 Å². The Labute approximate surface area is 169 Å². The lowest BCUT2D eigenvalue weighted by Gasteiger charge is -2.45. The molecular formula is C15H25N3O12. The Morgan fingerprint density at radius 1 is 0.900 bits per heavy atom. The van der Waals surface area contributed by atoms with Gasteiger partial charge in [0.1, 0.15) is 48.8 Å². The van der Waals surface area contributed by atoms with Gasteiger partial charge in [-0.1, -0.05) is 0 Å². The van der Waals surface area contributed by atoms with Crippen molar-refractivity contribution in [1.29, 1.82) is 0 Å². The van der Waals surface area contributed by atoms with Crippen molar-refractivity contribution in [3.63, 3.8) is 0 Å². The van der Waals surface area contributed by atoms with E-state index in [9.17, 15) is 40.5 Å². The fourth-order valence-electron chi connectivity index (χ4n) is 3.03. The smallest absolute Gasteiger partial charge is 0.221 e. The van der Waals surface area contributed by atoms with E-state index in [1.165, 1.54) is 0 Å². The predicted octanol–water partition coefficient (Wildman–Crippen LogP) is -4.15. The maximum absolute atomic E-state index is 11.3. The lowest BCUT2D eigenvalue weighted by molar-refractivity contribution is -0.367. The van der Waals surface area contributed by atoms with E-state index in [4.69, 9.17) is 24.5 Å². The topological polar surface area (TPSA) is 244 Å². The summed E-state index contributed by atoms with van der Waals surface area (Å²) < 4.78 is 21.3. The van der Waals surface area contributed by atoms with Crippen molar-refractivity contribution in [3.05, 3.63) is 10.4 Å². The molecule has 0 radical (unpaired) electrons. The van der Waals surface area contributed by atoms with Gasteiger partial charge in [0.05, 0.1) is 19.8 Å². The number of rotatable bonds is 8. The summed E-state index contributed by atoms with van der Waals surface area (Å²) in [6.07, 6.45) is -16.1. The van der Waals surface area contributed by atoms with Crippen LogP contribution in [0.3, 0.4) is 0 Å². The standard InChI is InChI=1S/C15H25N3O12/c16-18-17-7(21)1-2-27-15-13(11(25)9(23)6(4-20)29-15)30-14-12(26)10(24)8(22)5(3-19)28-14/h5-6,8-15,19-20,22-26H,1-4H2. The summed E-state index contributed by atoms with van der Waals surface area (Å²) in [6, 6.07) is 0. The molecule has 1 amide bonds. The van der Waals surface area contributed by atoms with Crippen molar-refractivity contribution in [2.75, 3.05) is 19.8 Å². The molecule has 10 atom stereocenters. The number of aliphatic hydroxyl groups is 7. The molecule has 0 aromatic carbocycles. The van der Waals surface area contributed by atoms with Gasteiger partial charge in [-0.15, -0.1) is 0 Å². The van der Waals surface area contributed by atoms with Gasteiger partial charge in [-0.3, -0.25) is 4.79 Å². The Kier molecular flexibility index (Phi) is 9.30. The Morgan fingerprint density at radius 3 is 2.03 bits per heavy atom. The Bertz CT molecular complexity index is 618. The number of aliphatic hydroxyl groups excluding tert-OH is 7. The van der Waals surface area contributed by atoms with Crippen molar-refractivity contribution < 1.29 is 59.5 Å². The largest absolute Gasteiger partial charge is 0.394 e. The number of azide groups is 1. The van der Waals surface area contributed by atoms with Gasteiger partial charge in [0.25, 0.3) is 0 Å². The number of nitrogens with zero attached hydrogens (tertiary/aromatic N) is 3. The van der Waals surface area contributed by atoms with E-state index >= 15 is 0 Å².